The third kappa shape index (κ3) is 6.07. The summed E-state index contributed by atoms with van der Waals surface area (Å²) >= 11 is 7.12. The first-order valence-electron chi connectivity index (χ1n) is 8.81. The smallest absolute Gasteiger partial charge is 0.277 e. The Kier molecular flexibility index (Phi) is 6.90. The van der Waals surface area contributed by atoms with Gasteiger partial charge in [-0.05, 0) is 56.3 Å². The Morgan fingerprint density at radius 3 is 2.59 bits per heavy atom. The highest BCUT2D eigenvalue weighted by Crippen LogP contribution is 2.24. The van der Waals surface area contributed by atoms with Crippen LogP contribution in [0.15, 0.2) is 58.2 Å². The van der Waals surface area contributed by atoms with Crippen LogP contribution in [-0.4, -0.2) is 27.1 Å². The van der Waals surface area contributed by atoms with Crippen LogP contribution in [0, 0.1) is 0 Å². The lowest BCUT2D eigenvalue weighted by atomic mass is 10.1. The van der Waals surface area contributed by atoms with E-state index < -0.39 is 5.25 Å². The van der Waals surface area contributed by atoms with Gasteiger partial charge in [-0.2, -0.15) is 0 Å². The lowest BCUT2D eigenvalue weighted by Gasteiger charge is -2.10. The van der Waals surface area contributed by atoms with Crippen LogP contribution in [0.1, 0.15) is 30.1 Å². The maximum atomic E-state index is 12.4. The summed E-state index contributed by atoms with van der Waals surface area (Å²) in [7, 11) is 0. The molecular formula is C20H19ClN4O3S. The zero-order valence-electron chi connectivity index (χ0n) is 15.8. The minimum atomic E-state index is -0.448. The lowest BCUT2D eigenvalue weighted by Crippen LogP contribution is -2.22. The van der Waals surface area contributed by atoms with Gasteiger partial charge in [0.2, 0.25) is 11.8 Å². The molecule has 1 atom stereocenters. The number of rotatable bonds is 8. The molecule has 7 nitrogen and oxygen atoms in total. The van der Waals surface area contributed by atoms with Crippen molar-refractivity contribution in [2.75, 3.05) is 10.6 Å². The van der Waals surface area contributed by atoms with Crippen LogP contribution in [-0.2, 0) is 11.3 Å². The first-order valence-corrected chi connectivity index (χ1v) is 10.1. The van der Waals surface area contributed by atoms with Crippen molar-refractivity contribution >= 4 is 46.4 Å². The molecule has 0 saturated carbocycles. The third-order valence-electron chi connectivity index (χ3n) is 3.92. The SMILES string of the molecule is CC(=O)c1ccc(NC(=O)C(C)Sc2nnc(CNc3cccc(Cl)c3)o2)cc1. The number of hydrogen-bond donors (Lipinski definition) is 2. The molecule has 0 bridgehead atoms. The molecule has 0 spiro atoms. The summed E-state index contributed by atoms with van der Waals surface area (Å²) in [6.45, 7) is 3.59. The number of thioether (sulfide) groups is 1. The van der Waals surface area contributed by atoms with Crippen LogP contribution >= 0.6 is 23.4 Å². The molecule has 0 aliphatic carbocycles. The van der Waals surface area contributed by atoms with Crippen molar-refractivity contribution in [3.63, 3.8) is 0 Å². The number of carbonyl (C=O) groups excluding carboxylic acids is 2. The van der Waals surface area contributed by atoms with Crippen molar-refractivity contribution in [2.24, 2.45) is 0 Å². The molecule has 0 radical (unpaired) electrons. The molecule has 1 aromatic heterocycles. The van der Waals surface area contributed by atoms with Crippen LogP contribution in [0.2, 0.25) is 5.02 Å². The normalized spacial score (nSPS) is 11.7. The van der Waals surface area contributed by atoms with E-state index in [-0.39, 0.29) is 11.7 Å². The quantitative estimate of drug-likeness (QED) is 0.396. The number of amides is 1. The minimum Gasteiger partial charge on any atom is -0.414 e. The molecule has 0 aliphatic heterocycles. The number of aromatic nitrogens is 2. The average Bonchev–Trinajstić information content (AvgIpc) is 3.14. The molecule has 3 aromatic rings. The maximum absolute atomic E-state index is 12.4. The summed E-state index contributed by atoms with van der Waals surface area (Å²) in [5.74, 6) is 0.172. The van der Waals surface area contributed by atoms with Crippen molar-refractivity contribution in [1.29, 1.82) is 0 Å². The molecular weight excluding hydrogens is 412 g/mol. The predicted molar refractivity (Wildman–Crippen MR) is 113 cm³/mol. The van der Waals surface area contributed by atoms with E-state index in [4.69, 9.17) is 16.0 Å². The second-order valence-corrected chi connectivity index (χ2v) is 7.94. The maximum Gasteiger partial charge on any atom is 0.277 e. The second kappa shape index (κ2) is 9.58. The summed E-state index contributed by atoms with van der Waals surface area (Å²) in [6, 6.07) is 14.0. The molecule has 9 heteroatoms. The van der Waals surface area contributed by atoms with Gasteiger partial charge < -0.3 is 15.1 Å². The number of anilines is 2. The molecule has 2 aromatic carbocycles. The van der Waals surface area contributed by atoms with Gasteiger partial charge in [-0.3, -0.25) is 9.59 Å². The van der Waals surface area contributed by atoms with E-state index in [0.717, 1.165) is 5.69 Å². The van der Waals surface area contributed by atoms with Crippen LogP contribution in [0.3, 0.4) is 0 Å². The monoisotopic (exact) mass is 430 g/mol. The van der Waals surface area contributed by atoms with Crippen molar-refractivity contribution in [3.05, 3.63) is 65.0 Å². The topological polar surface area (TPSA) is 97.1 Å². The molecule has 0 aliphatic rings. The van der Waals surface area contributed by atoms with Crippen LogP contribution in [0.25, 0.3) is 0 Å². The van der Waals surface area contributed by atoms with Gasteiger partial charge in [-0.15, -0.1) is 10.2 Å². The number of Topliss-reactive ketones (excluding diaryl/α,β-unsaturated/α-hetero) is 1. The number of carbonyl (C=O) groups is 2. The van der Waals surface area contributed by atoms with E-state index in [2.05, 4.69) is 20.8 Å². The van der Waals surface area contributed by atoms with Gasteiger partial charge in [0, 0.05) is 22.0 Å². The van der Waals surface area contributed by atoms with Gasteiger partial charge in [0.05, 0.1) is 11.8 Å². The van der Waals surface area contributed by atoms with Crippen LogP contribution < -0.4 is 10.6 Å². The van der Waals surface area contributed by atoms with Gasteiger partial charge in [0.1, 0.15) is 0 Å². The number of hydrogen-bond acceptors (Lipinski definition) is 7. The lowest BCUT2D eigenvalue weighted by molar-refractivity contribution is -0.115. The average molecular weight is 431 g/mol. The first-order chi connectivity index (χ1) is 13.9. The first kappa shape index (κ1) is 20.9. The van der Waals surface area contributed by atoms with Crippen LogP contribution in [0.5, 0.6) is 0 Å². The molecule has 29 heavy (non-hydrogen) atoms. The summed E-state index contributed by atoms with van der Waals surface area (Å²) < 4.78 is 5.58. The van der Waals surface area contributed by atoms with Crippen LogP contribution in [0.4, 0.5) is 11.4 Å². The second-order valence-electron chi connectivity index (χ2n) is 6.21. The molecule has 0 fully saturated rings. The molecule has 3 rings (SSSR count). The fourth-order valence-corrected chi connectivity index (χ4v) is 3.26. The Morgan fingerprint density at radius 1 is 1.14 bits per heavy atom. The van der Waals surface area contributed by atoms with Gasteiger partial charge in [0.15, 0.2) is 5.78 Å². The Balaban J connectivity index is 1.51. The van der Waals surface area contributed by atoms with E-state index in [1.165, 1.54) is 18.7 Å². The Bertz CT molecular complexity index is 1010. The predicted octanol–water partition coefficient (Wildman–Crippen LogP) is 4.66. The fraction of sp³-hybridized carbons (Fsp3) is 0.200. The molecule has 1 amide bonds. The van der Waals surface area contributed by atoms with E-state index >= 15 is 0 Å². The van der Waals surface area contributed by atoms with Gasteiger partial charge in [0.25, 0.3) is 5.22 Å². The zero-order valence-corrected chi connectivity index (χ0v) is 17.4. The summed E-state index contributed by atoms with van der Waals surface area (Å²) in [5, 5.41) is 14.4. The molecule has 0 saturated heterocycles. The Morgan fingerprint density at radius 2 is 1.90 bits per heavy atom. The van der Waals surface area contributed by atoms with Crippen molar-refractivity contribution in [2.45, 2.75) is 30.9 Å². The van der Waals surface area contributed by atoms with E-state index in [0.29, 0.717) is 33.9 Å². The highest BCUT2D eigenvalue weighted by molar-refractivity contribution is 8.00. The summed E-state index contributed by atoms with van der Waals surface area (Å²) in [4.78, 5) is 23.7. The van der Waals surface area contributed by atoms with Gasteiger partial charge in [-0.25, -0.2) is 0 Å². The molecule has 2 N–H and O–H groups in total. The Hall–Kier alpha value is -2.84. The van der Waals surface area contributed by atoms with E-state index in [1.54, 1.807) is 43.3 Å². The Labute approximate surface area is 177 Å². The van der Waals surface area contributed by atoms with E-state index in [1.807, 2.05) is 12.1 Å². The van der Waals surface area contributed by atoms with E-state index in [9.17, 15) is 9.59 Å². The van der Waals surface area contributed by atoms with Crippen molar-refractivity contribution < 1.29 is 14.0 Å². The fourth-order valence-electron chi connectivity index (χ4n) is 2.37. The van der Waals surface area contributed by atoms with Crippen molar-refractivity contribution in [1.82, 2.24) is 10.2 Å². The number of benzene rings is 2. The molecule has 1 unspecified atom stereocenters. The zero-order chi connectivity index (χ0) is 20.8. The van der Waals surface area contributed by atoms with Gasteiger partial charge in [-0.1, -0.05) is 29.4 Å². The largest absolute Gasteiger partial charge is 0.414 e. The number of nitrogens with zero attached hydrogens (tertiary/aromatic N) is 2. The highest BCUT2D eigenvalue weighted by Gasteiger charge is 2.18. The summed E-state index contributed by atoms with van der Waals surface area (Å²) in [5.41, 5.74) is 2.05. The molecule has 1 heterocycles. The highest BCUT2D eigenvalue weighted by atomic mass is 35.5. The minimum absolute atomic E-state index is 0.0242. The van der Waals surface area contributed by atoms with Crippen molar-refractivity contribution in [3.8, 4) is 0 Å². The summed E-state index contributed by atoms with van der Waals surface area (Å²) in [6.07, 6.45) is 0. The standard InChI is InChI=1S/C20H19ClN4O3S/c1-12(26)14-6-8-16(9-7-14)23-19(27)13(2)29-20-25-24-18(28-20)11-22-17-5-3-4-15(21)10-17/h3-10,13,22H,11H2,1-2H3,(H,23,27). The number of nitrogens with one attached hydrogen (secondary N) is 2. The number of ketones is 1. The molecule has 150 valence electrons. The third-order valence-corrected chi connectivity index (χ3v) is 5.09. The number of halogens is 1. The van der Waals surface area contributed by atoms with Gasteiger partial charge >= 0.3 is 0 Å².